The molecule has 1 aromatic carbocycles. The first kappa shape index (κ1) is 16.6. The van der Waals surface area contributed by atoms with Crippen LogP contribution in [0.15, 0.2) is 47.5 Å². The van der Waals surface area contributed by atoms with Gasteiger partial charge in [-0.2, -0.15) is 0 Å². The van der Waals surface area contributed by atoms with Gasteiger partial charge in [-0.3, -0.25) is 14.5 Å². The van der Waals surface area contributed by atoms with Gasteiger partial charge in [-0.15, -0.1) is 0 Å². The molecule has 0 unspecified atom stereocenters. The van der Waals surface area contributed by atoms with E-state index in [-0.39, 0.29) is 11.1 Å². The Morgan fingerprint density at radius 1 is 1.17 bits per heavy atom. The smallest absolute Gasteiger partial charge is 0.293 e. The summed E-state index contributed by atoms with van der Waals surface area (Å²) in [6.45, 7) is 6.59. The fraction of sp³-hybridized carbons (Fsp3) is 0.263. The van der Waals surface area contributed by atoms with Gasteiger partial charge in [0.2, 0.25) is 0 Å². The van der Waals surface area contributed by atoms with Crippen LogP contribution < -0.4 is 0 Å². The van der Waals surface area contributed by atoms with E-state index < -0.39 is 0 Å². The number of nitrogens with zero attached hydrogens (tertiary/aromatic N) is 2. The van der Waals surface area contributed by atoms with E-state index in [1.54, 1.807) is 0 Å². The third kappa shape index (κ3) is 3.31. The molecular weight excluding hydrogens is 320 g/mol. The van der Waals surface area contributed by atoms with Crippen LogP contribution in [0.2, 0.25) is 0 Å². The molecule has 2 amide bonds. The van der Waals surface area contributed by atoms with Gasteiger partial charge < -0.3 is 4.57 Å². The molecule has 2 aromatic rings. The van der Waals surface area contributed by atoms with Gasteiger partial charge >= 0.3 is 0 Å². The maximum atomic E-state index is 12.6. The van der Waals surface area contributed by atoms with Crippen LogP contribution >= 0.6 is 11.8 Å². The lowest BCUT2D eigenvalue weighted by Gasteiger charge is -2.12. The maximum absolute atomic E-state index is 12.6. The first-order valence-electron chi connectivity index (χ1n) is 7.93. The van der Waals surface area contributed by atoms with E-state index in [1.807, 2.05) is 55.6 Å². The minimum Gasteiger partial charge on any atom is -0.349 e. The lowest BCUT2D eigenvalue weighted by Crippen LogP contribution is -2.27. The fourth-order valence-electron chi connectivity index (χ4n) is 2.80. The average Bonchev–Trinajstić information content (AvgIpc) is 3.04. The summed E-state index contributed by atoms with van der Waals surface area (Å²) in [6.07, 6.45) is 3.83. The standard InChI is InChI=1S/C19H20N2O2S/c1-13(2)20-12-16(9-14(20)3)10-17-18(22)21(19(23)24-17)11-15-7-5-4-6-8-15/h4-10,12-13H,11H2,1-3H3/b17-10+. The lowest BCUT2D eigenvalue weighted by atomic mass is 10.2. The molecule has 1 aliphatic rings. The highest BCUT2D eigenvalue weighted by Gasteiger charge is 2.35. The number of hydrogen-bond donors (Lipinski definition) is 0. The van der Waals surface area contributed by atoms with E-state index in [2.05, 4.69) is 18.4 Å². The third-order valence-electron chi connectivity index (χ3n) is 3.98. The molecule has 0 atom stereocenters. The molecule has 1 aromatic heterocycles. The molecule has 4 nitrogen and oxygen atoms in total. The zero-order valence-corrected chi connectivity index (χ0v) is 14.8. The third-order valence-corrected chi connectivity index (χ3v) is 4.89. The van der Waals surface area contributed by atoms with Gasteiger partial charge in [0.1, 0.15) is 0 Å². The molecule has 0 N–H and O–H groups in total. The first-order chi connectivity index (χ1) is 11.5. The van der Waals surface area contributed by atoms with Gasteiger partial charge in [-0.05, 0) is 55.8 Å². The summed E-state index contributed by atoms with van der Waals surface area (Å²) in [5.74, 6) is -0.219. The van der Waals surface area contributed by atoms with Crippen molar-refractivity contribution in [3.05, 3.63) is 64.3 Å². The number of benzene rings is 1. The van der Waals surface area contributed by atoms with Gasteiger partial charge in [-0.1, -0.05) is 30.3 Å². The van der Waals surface area contributed by atoms with Crippen LogP contribution in [0.25, 0.3) is 6.08 Å². The van der Waals surface area contributed by atoms with Crippen LogP contribution in [0.1, 0.15) is 36.7 Å². The topological polar surface area (TPSA) is 42.3 Å². The van der Waals surface area contributed by atoms with Crippen molar-refractivity contribution in [2.75, 3.05) is 0 Å². The number of hydrogen-bond acceptors (Lipinski definition) is 3. The molecule has 124 valence electrons. The van der Waals surface area contributed by atoms with Crippen LogP contribution in [0.4, 0.5) is 4.79 Å². The molecule has 0 spiro atoms. The minimum atomic E-state index is -0.219. The van der Waals surface area contributed by atoms with Crippen molar-refractivity contribution in [1.82, 2.24) is 9.47 Å². The number of thioether (sulfide) groups is 1. The second kappa shape index (κ2) is 6.69. The number of imide groups is 1. The number of amides is 2. The van der Waals surface area contributed by atoms with Gasteiger partial charge in [0.15, 0.2) is 0 Å². The number of aryl methyl sites for hydroxylation is 1. The second-order valence-corrected chi connectivity index (χ2v) is 7.16. The number of carbonyl (C=O) groups is 2. The molecule has 0 radical (unpaired) electrons. The Kier molecular flexibility index (Phi) is 4.62. The predicted molar refractivity (Wildman–Crippen MR) is 97.5 cm³/mol. The molecule has 3 rings (SSSR count). The summed E-state index contributed by atoms with van der Waals surface area (Å²) in [5, 5.41) is -0.213. The monoisotopic (exact) mass is 340 g/mol. The van der Waals surface area contributed by atoms with E-state index in [0.717, 1.165) is 28.6 Å². The number of aromatic nitrogens is 1. The molecule has 24 heavy (non-hydrogen) atoms. The highest BCUT2D eigenvalue weighted by atomic mass is 32.2. The number of carbonyl (C=O) groups excluding carboxylic acids is 2. The fourth-order valence-corrected chi connectivity index (χ4v) is 3.64. The summed E-state index contributed by atoms with van der Waals surface area (Å²) >= 11 is 1.01. The van der Waals surface area contributed by atoms with Crippen LogP contribution in [0, 0.1) is 6.92 Å². The molecular formula is C19H20N2O2S. The van der Waals surface area contributed by atoms with E-state index in [1.165, 1.54) is 4.90 Å². The van der Waals surface area contributed by atoms with E-state index in [0.29, 0.717) is 17.5 Å². The highest BCUT2D eigenvalue weighted by molar-refractivity contribution is 8.18. The normalized spacial score (nSPS) is 16.7. The van der Waals surface area contributed by atoms with Crippen molar-refractivity contribution < 1.29 is 9.59 Å². The van der Waals surface area contributed by atoms with Gasteiger partial charge in [0.05, 0.1) is 11.4 Å². The van der Waals surface area contributed by atoms with Crippen LogP contribution in [0.5, 0.6) is 0 Å². The molecule has 1 fully saturated rings. The Bertz CT molecular complexity index is 806. The van der Waals surface area contributed by atoms with Crippen molar-refractivity contribution in [2.45, 2.75) is 33.4 Å². The van der Waals surface area contributed by atoms with E-state index >= 15 is 0 Å². The summed E-state index contributed by atoms with van der Waals surface area (Å²) in [5.41, 5.74) is 3.04. The van der Waals surface area contributed by atoms with E-state index in [4.69, 9.17) is 0 Å². The zero-order valence-electron chi connectivity index (χ0n) is 14.0. The Hall–Kier alpha value is -2.27. The Balaban J connectivity index is 1.82. The van der Waals surface area contributed by atoms with Crippen molar-refractivity contribution in [3.63, 3.8) is 0 Å². The second-order valence-electron chi connectivity index (χ2n) is 6.17. The van der Waals surface area contributed by atoms with Crippen LogP contribution in [0.3, 0.4) is 0 Å². The quantitative estimate of drug-likeness (QED) is 0.763. The zero-order chi connectivity index (χ0) is 17.3. The van der Waals surface area contributed by atoms with Crippen LogP contribution in [-0.4, -0.2) is 20.6 Å². The maximum Gasteiger partial charge on any atom is 0.293 e. The lowest BCUT2D eigenvalue weighted by molar-refractivity contribution is -0.123. The van der Waals surface area contributed by atoms with Crippen molar-refractivity contribution >= 4 is 29.0 Å². The van der Waals surface area contributed by atoms with Gasteiger partial charge in [-0.25, -0.2) is 0 Å². The minimum absolute atomic E-state index is 0.213. The van der Waals surface area contributed by atoms with Gasteiger partial charge in [0.25, 0.3) is 11.1 Å². The van der Waals surface area contributed by atoms with Crippen LogP contribution in [-0.2, 0) is 11.3 Å². The number of rotatable bonds is 4. The molecule has 5 heteroatoms. The Morgan fingerprint density at radius 3 is 2.50 bits per heavy atom. The molecule has 0 aliphatic carbocycles. The molecule has 1 saturated heterocycles. The molecule has 2 heterocycles. The van der Waals surface area contributed by atoms with Crippen molar-refractivity contribution in [3.8, 4) is 0 Å². The van der Waals surface area contributed by atoms with Crippen molar-refractivity contribution in [1.29, 1.82) is 0 Å². The summed E-state index contributed by atoms with van der Waals surface area (Å²) in [4.78, 5) is 26.5. The largest absolute Gasteiger partial charge is 0.349 e. The average molecular weight is 340 g/mol. The summed E-state index contributed by atoms with van der Waals surface area (Å²) < 4.78 is 2.15. The highest BCUT2D eigenvalue weighted by Crippen LogP contribution is 2.33. The summed E-state index contributed by atoms with van der Waals surface area (Å²) in [7, 11) is 0. The molecule has 0 bridgehead atoms. The SMILES string of the molecule is Cc1cc(/C=C2/SC(=O)N(Cc3ccccc3)C2=O)cn1C(C)C. The van der Waals surface area contributed by atoms with Gasteiger partial charge in [0, 0.05) is 17.9 Å². The molecule has 1 aliphatic heterocycles. The Labute approximate surface area is 146 Å². The molecule has 0 saturated carbocycles. The van der Waals surface area contributed by atoms with Crippen molar-refractivity contribution in [2.24, 2.45) is 0 Å². The van der Waals surface area contributed by atoms with E-state index in [9.17, 15) is 9.59 Å². The first-order valence-corrected chi connectivity index (χ1v) is 8.75. The summed E-state index contributed by atoms with van der Waals surface area (Å²) in [6, 6.07) is 12.0. The Morgan fingerprint density at radius 2 is 1.88 bits per heavy atom. The predicted octanol–water partition coefficient (Wildman–Crippen LogP) is 4.61.